The number of carbonyl (C=O) groups excluding carboxylic acids is 2. The first-order valence-corrected chi connectivity index (χ1v) is 13.3. The van der Waals surface area contributed by atoms with Gasteiger partial charge in [0.05, 0.1) is 17.8 Å². The van der Waals surface area contributed by atoms with E-state index in [-0.39, 0.29) is 30.7 Å². The van der Waals surface area contributed by atoms with Crippen molar-refractivity contribution in [2.75, 3.05) is 18.8 Å². The van der Waals surface area contributed by atoms with Crippen LogP contribution in [-0.4, -0.2) is 59.2 Å². The Hall–Kier alpha value is -3.64. The van der Waals surface area contributed by atoms with Crippen molar-refractivity contribution in [2.24, 2.45) is 0 Å². The molecule has 2 aromatic heterocycles. The molecular weight excluding hydrogens is 482 g/mol. The summed E-state index contributed by atoms with van der Waals surface area (Å²) >= 11 is 0. The normalized spacial score (nSPS) is 16.6. The van der Waals surface area contributed by atoms with Gasteiger partial charge in [-0.25, -0.2) is 23.1 Å². The largest absolute Gasteiger partial charge is 0.368 e. The van der Waals surface area contributed by atoms with Gasteiger partial charge in [0.25, 0.3) is 0 Å². The first-order valence-electron chi connectivity index (χ1n) is 11.7. The number of hydrogen-bond acceptors (Lipinski definition) is 8. The number of benzene rings is 1. The van der Waals surface area contributed by atoms with Gasteiger partial charge in [0.15, 0.2) is 0 Å². The fourth-order valence-electron chi connectivity index (χ4n) is 4.17. The molecule has 1 aliphatic rings. The highest BCUT2D eigenvalue weighted by molar-refractivity contribution is 7.88. The highest BCUT2D eigenvalue weighted by Crippen LogP contribution is 2.17. The van der Waals surface area contributed by atoms with Gasteiger partial charge in [-0.15, -0.1) is 0 Å². The van der Waals surface area contributed by atoms with Gasteiger partial charge >= 0.3 is 0 Å². The molecule has 1 aromatic carbocycles. The fraction of sp³-hybridized carbons (Fsp3) is 0.375. The molecule has 11 nitrogen and oxygen atoms in total. The van der Waals surface area contributed by atoms with Crippen molar-refractivity contribution in [2.45, 2.75) is 44.5 Å². The van der Waals surface area contributed by atoms with Crippen LogP contribution >= 0.6 is 0 Å². The summed E-state index contributed by atoms with van der Waals surface area (Å²) in [7, 11) is -3.80. The van der Waals surface area contributed by atoms with Gasteiger partial charge in [-0.2, -0.15) is 0 Å². The molecule has 1 atom stereocenters. The van der Waals surface area contributed by atoms with E-state index in [2.05, 4.69) is 25.0 Å². The molecule has 0 radical (unpaired) electrons. The second-order valence-electron chi connectivity index (χ2n) is 8.83. The number of rotatable bonds is 8. The van der Waals surface area contributed by atoms with Crippen molar-refractivity contribution < 1.29 is 18.0 Å². The van der Waals surface area contributed by atoms with Gasteiger partial charge in [-0.1, -0.05) is 12.1 Å². The molecule has 0 spiro atoms. The van der Waals surface area contributed by atoms with Gasteiger partial charge in [-0.3, -0.25) is 14.6 Å². The topological polar surface area (TPSA) is 160 Å². The average Bonchev–Trinajstić information content (AvgIpc) is 2.99. The Morgan fingerprint density at radius 3 is 2.86 bits per heavy atom. The number of likely N-dealkylation sites (tertiary alicyclic amines) is 1. The summed E-state index contributed by atoms with van der Waals surface area (Å²) in [4.78, 5) is 39.3. The first-order chi connectivity index (χ1) is 17.2. The van der Waals surface area contributed by atoms with E-state index in [1.165, 1.54) is 4.90 Å². The monoisotopic (exact) mass is 511 g/mol. The van der Waals surface area contributed by atoms with Crippen LogP contribution in [0.25, 0.3) is 10.9 Å². The molecule has 0 saturated carbocycles. The van der Waals surface area contributed by atoms with E-state index >= 15 is 0 Å². The van der Waals surface area contributed by atoms with Crippen molar-refractivity contribution in [1.82, 2.24) is 29.9 Å². The van der Waals surface area contributed by atoms with E-state index in [0.717, 1.165) is 16.5 Å². The zero-order valence-electron chi connectivity index (χ0n) is 20.0. The second kappa shape index (κ2) is 11.0. The number of aromatic nitrogens is 3. The predicted octanol–water partition coefficient (Wildman–Crippen LogP) is 1.03. The van der Waals surface area contributed by atoms with Gasteiger partial charge in [-0.05, 0) is 49.9 Å². The van der Waals surface area contributed by atoms with Gasteiger partial charge in [0.1, 0.15) is 6.04 Å². The molecule has 190 valence electrons. The molecule has 1 fully saturated rings. The van der Waals surface area contributed by atoms with Crippen LogP contribution in [0.1, 0.15) is 36.1 Å². The lowest BCUT2D eigenvalue weighted by molar-refractivity contribution is -0.136. The summed E-state index contributed by atoms with van der Waals surface area (Å²) < 4.78 is 28.4. The number of pyridine rings is 1. The van der Waals surface area contributed by atoms with Gasteiger partial charge in [0.2, 0.25) is 27.8 Å². The average molecular weight is 512 g/mol. The Morgan fingerprint density at radius 1 is 1.22 bits per heavy atom. The smallest absolute Gasteiger partial charge is 0.241 e. The van der Waals surface area contributed by atoms with Gasteiger partial charge in [0, 0.05) is 42.1 Å². The third kappa shape index (κ3) is 6.52. The lowest BCUT2D eigenvalue weighted by Crippen LogP contribution is -2.50. The Kier molecular flexibility index (Phi) is 7.75. The number of nitrogens with two attached hydrogens (primary N) is 1. The van der Waals surface area contributed by atoms with E-state index in [9.17, 15) is 18.0 Å². The SMILES string of the molecule is Cc1nc(N)ncc1CNC(=O)CN1CCCCC(NS(=O)(=O)Cc2ccc3ncccc3c2)C1=O. The molecule has 3 aromatic rings. The quantitative estimate of drug-likeness (QED) is 0.404. The van der Waals surface area contributed by atoms with E-state index in [1.54, 1.807) is 43.6 Å². The molecule has 1 unspecified atom stereocenters. The molecule has 12 heteroatoms. The number of nitrogens with one attached hydrogen (secondary N) is 2. The summed E-state index contributed by atoms with van der Waals surface area (Å²) in [6.45, 7) is 2.18. The summed E-state index contributed by atoms with van der Waals surface area (Å²) in [5.74, 6) is -0.858. The number of anilines is 1. The maximum Gasteiger partial charge on any atom is 0.241 e. The predicted molar refractivity (Wildman–Crippen MR) is 135 cm³/mol. The van der Waals surface area contributed by atoms with E-state index < -0.39 is 22.0 Å². The minimum Gasteiger partial charge on any atom is -0.368 e. The number of amides is 2. The summed E-state index contributed by atoms with van der Waals surface area (Å²) in [6.07, 6.45) is 4.95. The van der Waals surface area contributed by atoms with Crippen LogP contribution in [0.15, 0.2) is 42.7 Å². The Morgan fingerprint density at radius 2 is 2.06 bits per heavy atom. The second-order valence-corrected chi connectivity index (χ2v) is 10.6. The number of fused-ring (bicyclic) bond motifs is 1. The third-order valence-corrected chi connectivity index (χ3v) is 7.39. The van der Waals surface area contributed by atoms with E-state index in [4.69, 9.17) is 5.73 Å². The van der Waals surface area contributed by atoms with Crippen molar-refractivity contribution >= 4 is 38.7 Å². The Balaban J connectivity index is 1.37. The van der Waals surface area contributed by atoms with Crippen LogP contribution in [0.3, 0.4) is 0 Å². The molecule has 3 heterocycles. The molecule has 2 amide bonds. The van der Waals surface area contributed by atoms with Crippen LogP contribution in [0, 0.1) is 6.92 Å². The highest BCUT2D eigenvalue weighted by atomic mass is 32.2. The summed E-state index contributed by atoms with van der Waals surface area (Å²) in [5.41, 5.74) is 8.31. The molecular formula is C24H29N7O4S. The molecule has 0 aliphatic carbocycles. The van der Waals surface area contributed by atoms with E-state index in [1.807, 2.05) is 6.07 Å². The fourth-order valence-corrected chi connectivity index (χ4v) is 5.52. The van der Waals surface area contributed by atoms with Crippen LogP contribution in [-0.2, 0) is 31.9 Å². The van der Waals surface area contributed by atoms with Crippen LogP contribution in [0.5, 0.6) is 0 Å². The van der Waals surface area contributed by atoms with E-state index in [0.29, 0.717) is 37.1 Å². The number of hydrogen-bond donors (Lipinski definition) is 3. The Labute approximate surface area is 209 Å². The zero-order valence-corrected chi connectivity index (χ0v) is 20.8. The molecule has 4 N–H and O–H groups in total. The van der Waals surface area contributed by atoms with Crippen LogP contribution in [0.4, 0.5) is 5.95 Å². The lowest BCUT2D eigenvalue weighted by Gasteiger charge is -2.24. The lowest BCUT2D eigenvalue weighted by atomic mass is 10.1. The molecule has 36 heavy (non-hydrogen) atoms. The number of aryl methyl sites for hydroxylation is 1. The van der Waals surface area contributed by atoms with Crippen LogP contribution < -0.4 is 15.8 Å². The highest BCUT2D eigenvalue weighted by Gasteiger charge is 2.31. The maximum absolute atomic E-state index is 13.1. The number of nitrogen functional groups attached to an aromatic ring is 1. The number of nitrogens with zero attached hydrogens (tertiary/aromatic N) is 4. The molecule has 1 aliphatic heterocycles. The van der Waals surface area contributed by atoms with Gasteiger partial charge < -0.3 is 16.0 Å². The molecule has 0 bridgehead atoms. The maximum atomic E-state index is 13.1. The first kappa shape index (κ1) is 25.5. The van der Waals surface area contributed by atoms with Crippen molar-refractivity contribution in [1.29, 1.82) is 0 Å². The van der Waals surface area contributed by atoms with Crippen molar-refractivity contribution in [3.63, 3.8) is 0 Å². The minimum atomic E-state index is -3.80. The summed E-state index contributed by atoms with van der Waals surface area (Å²) in [5, 5.41) is 3.60. The summed E-state index contributed by atoms with van der Waals surface area (Å²) in [6, 6.07) is 8.01. The third-order valence-electron chi connectivity index (χ3n) is 6.04. The minimum absolute atomic E-state index is 0.156. The Bertz CT molecular complexity index is 1380. The number of carbonyl (C=O) groups is 2. The van der Waals surface area contributed by atoms with Crippen molar-refractivity contribution in [3.05, 3.63) is 59.5 Å². The van der Waals surface area contributed by atoms with Crippen molar-refractivity contribution in [3.8, 4) is 0 Å². The standard InChI is InChI=1S/C24H29N7O4S/c1-16-19(13-28-24(25)29-16)12-27-22(32)14-31-10-3-2-6-21(23(31)33)30-36(34,35)15-17-7-8-20-18(11-17)5-4-9-26-20/h4-5,7-9,11,13,21,30H,2-3,6,10,12,14-15H2,1H3,(H,27,32)(H2,25,28,29). The zero-order chi connectivity index (χ0) is 25.7. The molecule has 1 saturated heterocycles. The number of sulfonamides is 1. The van der Waals surface area contributed by atoms with Crippen LogP contribution in [0.2, 0.25) is 0 Å². The molecule has 4 rings (SSSR count).